The van der Waals surface area contributed by atoms with Crippen LogP contribution in [-0.4, -0.2) is 53.6 Å². The fourth-order valence-electron chi connectivity index (χ4n) is 3.87. The van der Waals surface area contributed by atoms with Gasteiger partial charge in [-0.2, -0.15) is 0 Å². The Kier molecular flexibility index (Phi) is 6.69. The first kappa shape index (κ1) is 20.8. The summed E-state index contributed by atoms with van der Waals surface area (Å²) >= 11 is 0. The van der Waals surface area contributed by atoms with E-state index in [0.29, 0.717) is 12.5 Å². The molecule has 0 radical (unpaired) electrons. The van der Waals surface area contributed by atoms with Gasteiger partial charge in [-0.1, -0.05) is 18.6 Å². The zero-order valence-corrected chi connectivity index (χ0v) is 18.1. The molecule has 8 heteroatoms. The van der Waals surface area contributed by atoms with Crippen molar-refractivity contribution < 1.29 is 4.39 Å². The summed E-state index contributed by atoms with van der Waals surface area (Å²) in [5.74, 6) is 1.16. The number of nitrogens with zero attached hydrogens (tertiary/aromatic N) is 5. The largest absolute Gasteiger partial charge is 0.370 e. The second-order valence-corrected chi connectivity index (χ2v) is 7.34. The fourth-order valence-corrected chi connectivity index (χ4v) is 3.87. The molecular formula is C20H26FIN6. The molecule has 2 fully saturated rings. The van der Waals surface area contributed by atoms with E-state index in [-0.39, 0.29) is 35.2 Å². The highest BCUT2D eigenvalue weighted by Crippen LogP contribution is 2.44. The number of aliphatic imine (C=N–C) groups is 1. The van der Waals surface area contributed by atoms with Crippen molar-refractivity contribution in [2.45, 2.75) is 24.7 Å². The topological polar surface area (TPSA) is 70.6 Å². The van der Waals surface area contributed by atoms with Crippen LogP contribution >= 0.6 is 24.0 Å². The predicted molar refractivity (Wildman–Crippen MR) is 120 cm³/mol. The van der Waals surface area contributed by atoms with Gasteiger partial charge in [0, 0.05) is 44.0 Å². The van der Waals surface area contributed by atoms with Gasteiger partial charge in [-0.15, -0.1) is 24.0 Å². The van der Waals surface area contributed by atoms with Gasteiger partial charge in [0.1, 0.15) is 5.82 Å². The molecule has 1 aromatic carbocycles. The van der Waals surface area contributed by atoms with E-state index in [9.17, 15) is 4.39 Å². The van der Waals surface area contributed by atoms with Crippen LogP contribution in [0.25, 0.3) is 0 Å². The molecule has 150 valence electrons. The van der Waals surface area contributed by atoms with Crippen molar-refractivity contribution in [2.75, 3.05) is 37.6 Å². The minimum atomic E-state index is -0.198. The molecule has 0 unspecified atom stereocenters. The molecule has 0 spiro atoms. The Morgan fingerprint density at radius 1 is 1.07 bits per heavy atom. The predicted octanol–water partition coefficient (Wildman–Crippen LogP) is 2.79. The molecule has 1 aliphatic heterocycles. The van der Waals surface area contributed by atoms with Crippen molar-refractivity contribution in [3.05, 3.63) is 54.1 Å². The highest BCUT2D eigenvalue weighted by molar-refractivity contribution is 14.0. The van der Waals surface area contributed by atoms with Gasteiger partial charge in [0.2, 0.25) is 5.95 Å². The van der Waals surface area contributed by atoms with Gasteiger partial charge in [0.25, 0.3) is 0 Å². The van der Waals surface area contributed by atoms with Gasteiger partial charge >= 0.3 is 0 Å². The number of rotatable bonds is 4. The first-order valence-electron chi connectivity index (χ1n) is 9.49. The second-order valence-electron chi connectivity index (χ2n) is 7.34. The zero-order valence-electron chi connectivity index (χ0n) is 15.8. The van der Waals surface area contributed by atoms with E-state index in [1.54, 1.807) is 12.4 Å². The Hall–Kier alpha value is -1.97. The van der Waals surface area contributed by atoms with E-state index in [4.69, 9.17) is 10.7 Å². The molecule has 28 heavy (non-hydrogen) atoms. The first-order valence-corrected chi connectivity index (χ1v) is 9.49. The summed E-state index contributed by atoms with van der Waals surface area (Å²) in [5.41, 5.74) is 7.46. The maximum Gasteiger partial charge on any atom is 0.225 e. The average Bonchev–Trinajstić information content (AvgIpc) is 2.69. The number of halogens is 2. The molecule has 2 aromatic rings. The fraction of sp³-hybridized carbons (Fsp3) is 0.450. The number of anilines is 1. The zero-order chi connectivity index (χ0) is 18.7. The molecule has 2 heterocycles. The van der Waals surface area contributed by atoms with Crippen LogP contribution in [0.2, 0.25) is 0 Å². The molecule has 2 aliphatic rings. The lowest BCUT2D eigenvalue weighted by Crippen LogP contribution is -2.52. The van der Waals surface area contributed by atoms with Crippen LogP contribution in [0.5, 0.6) is 0 Å². The standard InChI is InChI=1S/C20H25FN6.HI/c21-17-5-3-16(4-6-17)20(7-1-8-20)15-25-18(22)26-11-13-27(14-12-26)19-23-9-2-10-24-19;/h2-6,9-10H,1,7-8,11-15H2,(H2,22,25);1H. The van der Waals surface area contributed by atoms with Gasteiger partial charge < -0.3 is 15.5 Å². The van der Waals surface area contributed by atoms with E-state index < -0.39 is 0 Å². The molecule has 1 aromatic heterocycles. The minimum absolute atomic E-state index is 0. The summed E-state index contributed by atoms with van der Waals surface area (Å²) in [6.07, 6.45) is 6.86. The first-order chi connectivity index (χ1) is 13.2. The van der Waals surface area contributed by atoms with Crippen LogP contribution in [-0.2, 0) is 5.41 Å². The molecule has 6 nitrogen and oxygen atoms in total. The maximum atomic E-state index is 13.2. The molecule has 0 amide bonds. The average molecular weight is 496 g/mol. The Labute approximate surface area is 182 Å². The van der Waals surface area contributed by atoms with Crippen LogP contribution in [0.15, 0.2) is 47.7 Å². The van der Waals surface area contributed by atoms with Crippen LogP contribution in [0, 0.1) is 5.82 Å². The van der Waals surface area contributed by atoms with E-state index in [0.717, 1.165) is 50.5 Å². The van der Waals surface area contributed by atoms with Crippen LogP contribution < -0.4 is 10.6 Å². The van der Waals surface area contributed by atoms with Crippen LogP contribution in [0.4, 0.5) is 10.3 Å². The molecule has 4 rings (SSSR count). The quantitative estimate of drug-likeness (QED) is 0.401. The summed E-state index contributed by atoms with van der Waals surface area (Å²) in [7, 11) is 0. The summed E-state index contributed by atoms with van der Waals surface area (Å²) in [4.78, 5) is 17.6. The lowest BCUT2D eigenvalue weighted by Gasteiger charge is -2.42. The molecule has 0 bridgehead atoms. The Morgan fingerprint density at radius 3 is 2.29 bits per heavy atom. The number of hydrogen-bond donors (Lipinski definition) is 1. The van der Waals surface area contributed by atoms with E-state index in [2.05, 4.69) is 19.8 Å². The third-order valence-corrected chi connectivity index (χ3v) is 5.75. The number of nitrogens with two attached hydrogens (primary N) is 1. The normalized spacial score (nSPS) is 19.0. The van der Waals surface area contributed by atoms with Crippen LogP contribution in [0.3, 0.4) is 0 Å². The molecule has 1 saturated heterocycles. The number of aromatic nitrogens is 2. The third kappa shape index (κ3) is 4.37. The molecule has 1 saturated carbocycles. The van der Waals surface area contributed by atoms with E-state index >= 15 is 0 Å². The summed E-state index contributed by atoms with van der Waals surface area (Å²) in [6.45, 7) is 3.91. The summed E-state index contributed by atoms with van der Waals surface area (Å²) in [5, 5.41) is 0. The monoisotopic (exact) mass is 496 g/mol. The Bertz CT molecular complexity index is 786. The van der Waals surface area contributed by atoms with E-state index in [1.165, 1.54) is 18.6 Å². The second kappa shape index (κ2) is 9.02. The summed E-state index contributed by atoms with van der Waals surface area (Å²) in [6, 6.07) is 8.67. The van der Waals surface area contributed by atoms with Gasteiger partial charge in [-0.25, -0.2) is 14.4 Å². The molecular weight excluding hydrogens is 470 g/mol. The highest BCUT2D eigenvalue weighted by Gasteiger charge is 2.38. The van der Waals surface area contributed by atoms with Gasteiger partial charge in [-0.05, 0) is 36.6 Å². The lowest BCUT2D eigenvalue weighted by molar-refractivity contribution is 0.252. The van der Waals surface area contributed by atoms with Gasteiger partial charge in [0.15, 0.2) is 5.96 Å². The smallest absolute Gasteiger partial charge is 0.225 e. The maximum absolute atomic E-state index is 13.2. The molecule has 1 aliphatic carbocycles. The van der Waals surface area contributed by atoms with Crippen molar-refractivity contribution in [2.24, 2.45) is 10.7 Å². The number of piperazine rings is 1. The Morgan fingerprint density at radius 2 is 1.71 bits per heavy atom. The molecule has 2 N–H and O–H groups in total. The number of hydrogen-bond acceptors (Lipinski definition) is 4. The van der Waals surface area contributed by atoms with Crippen molar-refractivity contribution in [3.8, 4) is 0 Å². The Balaban J connectivity index is 0.00000225. The van der Waals surface area contributed by atoms with Crippen molar-refractivity contribution in [1.29, 1.82) is 0 Å². The van der Waals surface area contributed by atoms with Crippen molar-refractivity contribution in [3.63, 3.8) is 0 Å². The van der Waals surface area contributed by atoms with Crippen LogP contribution in [0.1, 0.15) is 24.8 Å². The van der Waals surface area contributed by atoms with E-state index in [1.807, 2.05) is 18.2 Å². The number of benzene rings is 1. The van der Waals surface area contributed by atoms with Crippen molar-refractivity contribution in [1.82, 2.24) is 14.9 Å². The lowest BCUT2D eigenvalue weighted by atomic mass is 9.64. The third-order valence-electron chi connectivity index (χ3n) is 5.75. The van der Waals surface area contributed by atoms with Crippen molar-refractivity contribution >= 4 is 35.9 Å². The minimum Gasteiger partial charge on any atom is -0.370 e. The van der Waals surface area contributed by atoms with Gasteiger partial charge in [0.05, 0.1) is 6.54 Å². The summed E-state index contributed by atoms with van der Waals surface area (Å²) < 4.78 is 13.2. The molecule has 0 atom stereocenters. The highest BCUT2D eigenvalue weighted by atomic mass is 127. The SMILES string of the molecule is I.NC(=NCC1(c2ccc(F)cc2)CCC1)N1CCN(c2ncccn2)CC1. The number of guanidine groups is 1. The van der Waals surface area contributed by atoms with Gasteiger partial charge in [-0.3, -0.25) is 4.99 Å².